The van der Waals surface area contributed by atoms with E-state index in [2.05, 4.69) is 53.6 Å². The summed E-state index contributed by atoms with van der Waals surface area (Å²) in [5.41, 5.74) is 1.49. The molecule has 3 aliphatic heterocycles. The van der Waals surface area contributed by atoms with E-state index in [0.717, 1.165) is 70.9 Å². The molecule has 0 saturated carbocycles. The van der Waals surface area contributed by atoms with Crippen LogP contribution in [0.15, 0.2) is 66.1 Å². The van der Waals surface area contributed by atoms with Crippen molar-refractivity contribution in [3.8, 4) is 5.82 Å². The number of carboxylic acid groups (broad SMARTS) is 1. The standard InChI is InChI=1S/C38H50N10O4/c1-4-16-47-36(51)31-25-39-37(42-35(31)48(47)33-7-5-6-32(41-33)38(2,3)52)40-27-8-10-28(11-9-27)45-21-23-46(24-22-45)30-14-19-44(20-15-30)29-12-17-43(18-13-29)26-34(49)50/h4-11,25,29-30,52H,1,12-24,26H2,2-3H3,(H,49,50)(H,39,40,42). The summed E-state index contributed by atoms with van der Waals surface area (Å²) >= 11 is 0. The molecule has 0 amide bonds. The maximum absolute atomic E-state index is 13.4. The number of piperazine rings is 1. The van der Waals surface area contributed by atoms with Crippen LogP contribution >= 0.6 is 0 Å². The Morgan fingerprint density at radius 3 is 2.21 bits per heavy atom. The van der Waals surface area contributed by atoms with Crippen molar-refractivity contribution < 1.29 is 15.0 Å². The monoisotopic (exact) mass is 710 g/mol. The molecule has 3 aliphatic rings. The van der Waals surface area contributed by atoms with E-state index in [-0.39, 0.29) is 18.6 Å². The molecule has 0 unspecified atom stereocenters. The molecule has 6 heterocycles. The lowest BCUT2D eigenvalue weighted by Crippen LogP contribution is -2.55. The van der Waals surface area contributed by atoms with Gasteiger partial charge in [0.2, 0.25) is 5.95 Å². The van der Waals surface area contributed by atoms with Gasteiger partial charge in [0, 0.05) is 68.9 Å². The molecule has 0 spiro atoms. The highest BCUT2D eigenvalue weighted by Crippen LogP contribution is 2.27. The fourth-order valence-electron chi connectivity index (χ4n) is 7.97. The third kappa shape index (κ3) is 7.75. The highest BCUT2D eigenvalue weighted by molar-refractivity contribution is 5.77. The summed E-state index contributed by atoms with van der Waals surface area (Å²) in [6.45, 7) is 15.7. The van der Waals surface area contributed by atoms with Crippen LogP contribution in [0.3, 0.4) is 0 Å². The number of aliphatic hydroxyl groups is 1. The molecule has 276 valence electrons. The summed E-state index contributed by atoms with van der Waals surface area (Å²) in [5.74, 6) is 0.0804. The number of nitrogens with zero attached hydrogens (tertiary/aromatic N) is 9. The van der Waals surface area contributed by atoms with Crippen molar-refractivity contribution in [1.29, 1.82) is 0 Å². The van der Waals surface area contributed by atoms with Crippen LogP contribution < -0.4 is 15.8 Å². The van der Waals surface area contributed by atoms with Gasteiger partial charge < -0.3 is 25.3 Å². The number of allylic oxidation sites excluding steroid dienone is 1. The lowest BCUT2D eigenvalue weighted by atomic mass is 9.96. The molecule has 3 N–H and O–H groups in total. The predicted octanol–water partition coefficient (Wildman–Crippen LogP) is 3.27. The first-order valence-electron chi connectivity index (χ1n) is 18.4. The van der Waals surface area contributed by atoms with Gasteiger partial charge in [-0.25, -0.2) is 19.3 Å². The Bertz CT molecular complexity index is 1930. The van der Waals surface area contributed by atoms with Gasteiger partial charge in [0.05, 0.1) is 18.8 Å². The highest BCUT2D eigenvalue weighted by atomic mass is 16.4. The van der Waals surface area contributed by atoms with Crippen molar-refractivity contribution in [2.45, 2.75) is 63.8 Å². The molecule has 3 saturated heterocycles. The highest BCUT2D eigenvalue weighted by Gasteiger charge is 2.32. The van der Waals surface area contributed by atoms with E-state index >= 15 is 0 Å². The third-order valence-electron chi connectivity index (χ3n) is 10.8. The number of piperidine rings is 2. The number of fused-ring (bicyclic) bond motifs is 1. The number of benzene rings is 1. The van der Waals surface area contributed by atoms with E-state index in [1.54, 1.807) is 42.8 Å². The number of aliphatic carboxylic acids is 1. The summed E-state index contributed by atoms with van der Waals surface area (Å²) < 4.78 is 3.17. The molecule has 0 aliphatic carbocycles. The molecule has 3 aromatic heterocycles. The molecule has 52 heavy (non-hydrogen) atoms. The van der Waals surface area contributed by atoms with Gasteiger partial charge in [-0.2, -0.15) is 4.98 Å². The summed E-state index contributed by atoms with van der Waals surface area (Å²) in [6.07, 6.45) is 7.71. The number of hydrogen-bond donors (Lipinski definition) is 3. The summed E-state index contributed by atoms with van der Waals surface area (Å²) in [6, 6.07) is 14.9. The summed E-state index contributed by atoms with van der Waals surface area (Å²) in [4.78, 5) is 48.1. The number of anilines is 3. The minimum Gasteiger partial charge on any atom is -0.480 e. The van der Waals surface area contributed by atoms with Crippen LogP contribution in [-0.2, 0) is 16.9 Å². The second-order valence-corrected chi connectivity index (χ2v) is 14.7. The van der Waals surface area contributed by atoms with Gasteiger partial charge in [-0.3, -0.25) is 19.4 Å². The Morgan fingerprint density at radius 2 is 1.58 bits per heavy atom. The molecule has 0 radical (unpaired) electrons. The van der Waals surface area contributed by atoms with Gasteiger partial charge >= 0.3 is 5.97 Å². The van der Waals surface area contributed by atoms with Crippen LogP contribution in [0.4, 0.5) is 17.3 Å². The van der Waals surface area contributed by atoms with Gasteiger partial charge in [0.15, 0.2) is 11.5 Å². The predicted molar refractivity (Wildman–Crippen MR) is 202 cm³/mol. The Hall–Kier alpha value is -4.63. The molecule has 1 aromatic carbocycles. The summed E-state index contributed by atoms with van der Waals surface area (Å²) in [5, 5.41) is 23.3. The van der Waals surface area contributed by atoms with Crippen molar-refractivity contribution in [3.63, 3.8) is 0 Å². The minimum absolute atomic E-state index is 0.159. The Labute approximate surface area is 304 Å². The number of aromatic nitrogens is 5. The number of rotatable bonds is 11. The number of nitrogens with one attached hydrogen (secondary N) is 1. The average Bonchev–Trinajstić information content (AvgIpc) is 3.42. The Balaban J connectivity index is 0.957. The number of carboxylic acids is 1. The molecule has 14 heteroatoms. The first-order valence-corrected chi connectivity index (χ1v) is 18.4. The molecule has 0 bridgehead atoms. The normalized spacial score (nSPS) is 18.9. The maximum atomic E-state index is 13.4. The van der Waals surface area contributed by atoms with Gasteiger partial charge in [0.25, 0.3) is 5.56 Å². The zero-order valence-corrected chi connectivity index (χ0v) is 30.2. The van der Waals surface area contributed by atoms with Crippen molar-refractivity contribution in [1.82, 2.24) is 39.0 Å². The largest absolute Gasteiger partial charge is 0.480 e. The number of carbonyl (C=O) groups is 1. The molecular weight excluding hydrogens is 660 g/mol. The van der Waals surface area contributed by atoms with E-state index in [0.29, 0.717) is 40.6 Å². The van der Waals surface area contributed by atoms with Crippen LogP contribution in [0.1, 0.15) is 45.2 Å². The summed E-state index contributed by atoms with van der Waals surface area (Å²) in [7, 11) is 0. The first-order chi connectivity index (χ1) is 25.1. The van der Waals surface area contributed by atoms with Crippen molar-refractivity contribution in [3.05, 3.63) is 77.4 Å². The van der Waals surface area contributed by atoms with Crippen LogP contribution in [0.5, 0.6) is 0 Å². The second kappa shape index (κ2) is 15.2. The van der Waals surface area contributed by atoms with Crippen LogP contribution in [-0.4, -0.2) is 126 Å². The first kappa shape index (κ1) is 35.8. The number of likely N-dealkylation sites (tertiary alicyclic amines) is 2. The third-order valence-corrected chi connectivity index (χ3v) is 10.8. The van der Waals surface area contributed by atoms with Gasteiger partial charge in [-0.05, 0) is 89.0 Å². The Morgan fingerprint density at radius 1 is 0.923 bits per heavy atom. The van der Waals surface area contributed by atoms with Crippen molar-refractivity contribution in [2.24, 2.45) is 0 Å². The second-order valence-electron chi connectivity index (χ2n) is 14.7. The van der Waals surface area contributed by atoms with Gasteiger partial charge in [0.1, 0.15) is 11.0 Å². The topological polar surface area (TPSA) is 148 Å². The van der Waals surface area contributed by atoms with Crippen LogP contribution in [0.25, 0.3) is 16.9 Å². The molecule has 7 rings (SSSR count). The molecular formula is C38H50N10O4. The quantitative estimate of drug-likeness (QED) is 0.196. The zero-order valence-electron chi connectivity index (χ0n) is 30.2. The lowest BCUT2D eigenvalue weighted by molar-refractivity contribution is -0.138. The number of pyridine rings is 1. The number of hydrogen-bond acceptors (Lipinski definition) is 11. The van der Waals surface area contributed by atoms with Crippen molar-refractivity contribution >= 4 is 34.3 Å². The van der Waals surface area contributed by atoms with Gasteiger partial charge in [-0.15, -0.1) is 6.58 Å². The van der Waals surface area contributed by atoms with Gasteiger partial charge in [-0.1, -0.05) is 12.1 Å². The zero-order chi connectivity index (χ0) is 36.4. The van der Waals surface area contributed by atoms with E-state index in [1.807, 2.05) is 12.1 Å². The molecule has 14 nitrogen and oxygen atoms in total. The fraction of sp³-hybridized carbons (Fsp3) is 0.500. The fourth-order valence-corrected chi connectivity index (χ4v) is 7.97. The minimum atomic E-state index is -1.16. The van der Waals surface area contributed by atoms with Crippen molar-refractivity contribution in [2.75, 3.05) is 69.1 Å². The Kier molecular flexibility index (Phi) is 10.4. The maximum Gasteiger partial charge on any atom is 0.317 e. The van der Waals surface area contributed by atoms with E-state index < -0.39 is 11.6 Å². The van der Waals surface area contributed by atoms with E-state index in [9.17, 15) is 14.7 Å². The van der Waals surface area contributed by atoms with Crippen LogP contribution in [0, 0.1) is 0 Å². The van der Waals surface area contributed by atoms with Crippen LogP contribution in [0.2, 0.25) is 0 Å². The average molecular weight is 711 g/mol. The molecule has 0 atom stereocenters. The molecule has 4 aromatic rings. The molecule has 3 fully saturated rings. The smallest absolute Gasteiger partial charge is 0.317 e. The van der Waals surface area contributed by atoms with E-state index in [1.165, 1.54) is 29.4 Å². The lowest BCUT2D eigenvalue weighted by Gasteiger charge is -2.46. The SMILES string of the molecule is C=CCn1c(=O)c2cnc(Nc3ccc(N4CCN(C5CCN(C6CCN(CC(=O)O)CC6)CC5)CC4)cc3)nc2n1-c1cccc(C(C)(C)O)n1. The van der Waals surface area contributed by atoms with E-state index in [4.69, 9.17) is 10.1 Å².